The number of hydrogen-bond acceptors (Lipinski definition) is 1. The second-order valence-corrected chi connectivity index (χ2v) is 8.74. The third-order valence-electron chi connectivity index (χ3n) is 6.61. The average molecular weight is 385 g/mol. The van der Waals surface area contributed by atoms with Crippen LogP contribution in [0.25, 0.3) is 0 Å². The van der Waals surface area contributed by atoms with Crippen LogP contribution in [0.4, 0.5) is 8.78 Å². The fourth-order valence-electron chi connectivity index (χ4n) is 5.22. The Kier molecular flexibility index (Phi) is 6.82. The highest BCUT2D eigenvalue weighted by Gasteiger charge is 2.31. The summed E-state index contributed by atoms with van der Waals surface area (Å²) in [6.07, 6.45) is 13.5. The Morgan fingerprint density at radius 3 is 1.96 bits per heavy atom. The van der Waals surface area contributed by atoms with Gasteiger partial charge < -0.3 is 4.74 Å². The van der Waals surface area contributed by atoms with Gasteiger partial charge in [-0.1, -0.05) is 44.7 Å². The van der Waals surface area contributed by atoms with Crippen LogP contribution in [0.3, 0.4) is 0 Å². The summed E-state index contributed by atoms with van der Waals surface area (Å²) in [6.45, 7) is 2.30. The van der Waals surface area contributed by atoms with Gasteiger partial charge in [0.25, 0.3) is 0 Å². The smallest absolute Gasteiger partial charge is 0.420 e. The molecule has 0 heterocycles. The molecule has 0 atom stereocenters. The van der Waals surface area contributed by atoms with Crippen molar-refractivity contribution in [3.8, 4) is 5.75 Å². The number of halogens is 3. The van der Waals surface area contributed by atoms with Crippen molar-refractivity contribution in [2.75, 3.05) is 0 Å². The lowest BCUT2D eigenvalue weighted by Gasteiger charge is -2.38. The van der Waals surface area contributed by atoms with E-state index in [0.29, 0.717) is 5.92 Å². The molecule has 0 aromatic heterocycles. The first-order valence-electron chi connectivity index (χ1n) is 10.3. The van der Waals surface area contributed by atoms with Crippen molar-refractivity contribution < 1.29 is 13.5 Å². The van der Waals surface area contributed by atoms with Gasteiger partial charge in [-0.25, -0.2) is 0 Å². The average Bonchev–Trinajstić information content (AvgIpc) is 2.62. The van der Waals surface area contributed by atoms with Gasteiger partial charge in [0.2, 0.25) is 0 Å². The maximum atomic E-state index is 12.7. The van der Waals surface area contributed by atoms with Crippen LogP contribution in [0.2, 0.25) is 0 Å². The van der Waals surface area contributed by atoms with E-state index in [4.69, 9.17) is 11.6 Å². The summed E-state index contributed by atoms with van der Waals surface area (Å²) in [5, 5.41) is 0. The first-order chi connectivity index (χ1) is 12.4. The van der Waals surface area contributed by atoms with Gasteiger partial charge in [-0.15, -0.1) is 8.78 Å². The molecule has 0 N–H and O–H groups in total. The van der Waals surface area contributed by atoms with Crippen molar-refractivity contribution in [1.29, 1.82) is 0 Å². The number of benzene rings is 1. The van der Waals surface area contributed by atoms with E-state index in [1.54, 1.807) is 12.1 Å². The van der Waals surface area contributed by atoms with E-state index in [0.717, 1.165) is 17.8 Å². The molecule has 146 valence electrons. The van der Waals surface area contributed by atoms with Crippen LogP contribution in [0, 0.1) is 17.8 Å². The topological polar surface area (TPSA) is 9.23 Å². The Morgan fingerprint density at radius 1 is 0.923 bits per heavy atom. The van der Waals surface area contributed by atoms with Crippen molar-refractivity contribution >= 4 is 11.6 Å². The molecule has 0 unspecified atom stereocenters. The minimum atomic E-state index is -3.64. The second kappa shape index (κ2) is 8.91. The van der Waals surface area contributed by atoms with E-state index >= 15 is 0 Å². The van der Waals surface area contributed by atoms with E-state index in [1.807, 2.05) is 12.1 Å². The Morgan fingerprint density at radius 2 is 1.46 bits per heavy atom. The predicted molar refractivity (Wildman–Crippen MR) is 103 cm³/mol. The summed E-state index contributed by atoms with van der Waals surface area (Å²) in [7, 11) is 0. The Bertz CT molecular complexity index is 538. The Hall–Kier alpha value is -0.830. The van der Waals surface area contributed by atoms with E-state index in [9.17, 15) is 8.78 Å². The molecule has 2 aliphatic rings. The van der Waals surface area contributed by atoms with Crippen molar-refractivity contribution in [2.24, 2.45) is 17.8 Å². The van der Waals surface area contributed by atoms with Crippen LogP contribution in [0.5, 0.6) is 5.75 Å². The molecule has 1 nitrogen and oxygen atoms in total. The van der Waals surface area contributed by atoms with Crippen molar-refractivity contribution in [2.45, 2.75) is 82.6 Å². The van der Waals surface area contributed by atoms with Gasteiger partial charge in [-0.3, -0.25) is 0 Å². The zero-order valence-electron chi connectivity index (χ0n) is 15.7. The fourth-order valence-corrected chi connectivity index (χ4v) is 5.31. The summed E-state index contributed by atoms with van der Waals surface area (Å²) in [4.78, 5) is 0. The van der Waals surface area contributed by atoms with Gasteiger partial charge in [0.1, 0.15) is 5.75 Å². The minimum Gasteiger partial charge on any atom is -0.420 e. The maximum absolute atomic E-state index is 12.7. The van der Waals surface area contributed by atoms with E-state index in [1.165, 1.54) is 69.8 Å². The lowest BCUT2D eigenvalue weighted by Crippen LogP contribution is -2.25. The van der Waals surface area contributed by atoms with Crippen LogP contribution < -0.4 is 4.74 Å². The number of ether oxygens (including phenoxy) is 1. The Balaban J connectivity index is 1.46. The molecule has 0 radical (unpaired) electrons. The summed E-state index contributed by atoms with van der Waals surface area (Å²) in [6, 6.07) is 7.04. The SMILES string of the molecule is CCCC1CCC(C2CCC(c3ccc(OC(F)(F)Cl)cc3)CC2)CC1. The zero-order valence-corrected chi connectivity index (χ0v) is 16.5. The summed E-state index contributed by atoms with van der Waals surface area (Å²) >= 11 is 4.82. The number of rotatable bonds is 6. The monoisotopic (exact) mass is 384 g/mol. The fraction of sp³-hybridized carbons (Fsp3) is 0.727. The summed E-state index contributed by atoms with van der Waals surface area (Å²) in [5.74, 6) is 3.48. The number of alkyl halides is 3. The first kappa shape index (κ1) is 19.9. The van der Waals surface area contributed by atoms with Gasteiger partial charge in [-0.05, 0) is 79.9 Å². The van der Waals surface area contributed by atoms with Crippen LogP contribution in [-0.2, 0) is 0 Å². The number of hydrogen-bond donors (Lipinski definition) is 0. The second-order valence-electron chi connectivity index (χ2n) is 8.30. The molecule has 0 bridgehead atoms. The van der Waals surface area contributed by atoms with Crippen LogP contribution >= 0.6 is 11.6 Å². The molecule has 26 heavy (non-hydrogen) atoms. The normalized spacial score (nSPS) is 30.2. The third-order valence-corrected chi connectivity index (χ3v) is 6.69. The van der Waals surface area contributed by atoms with Gasteiger partial charge in [0.15, 0.2) is 0 Å². The molecule has 1 aromatic carbocycles. The molecule has 2 fully saturated rings. The molecule has 0 aliphatic heterocycles. The van der Waals surface area contributed by atoms with Crippen LogP contribution in [0.15, 0.2) is 24.3 Å². The Labute approximate surface area is 161 Å². The largest absolute Gasteiger partial charge is 0.487 e. The lowest BCUT2D eigenvalue weighted by atomic mass is 9.68. The van der Waals surface area contributed by atoms with Gasteiger partial charge >= 0.3 is 5.57 Å². The molecule has 0 amide bonds. The lowest BCUT2D eigenvalue weighted by molar-refractivity contribution is -0.0964. The van der Waals surface area contributed by atoms with Crippen LogP contribution in [0.1, 0.15) is 82.6 Å². The van der Waals surface area contributed by atoms with Crippen molar-refractivity contribution in [1.82, 2.24) is 0 Å². The highest BCUT2D eigenvalue weighted by atomic mass is 35.5. The minimum absolute atomic E-state index is 0.117. The van der Waals surface area contributed by atoms with Gasteiger partial charge in [-0.2, -0.15) is 0 Å². The predicted octanol–water partition coefficient (Wildman–Crippen LogP) is 7.73. The van der Waals surface area contributed by atoms with Gasteiger partial charge in [0, 0.05) is 11.6 Å². The molecule has 2 aliphatic carbocycles. The highest BCUT2D eigenvalue weighted by Crippen LogP contribution is 2.44. The molecule has 4 heteroatoms. The quantitative estimate of drug-likeness (QED) is 0.456. The van der Waals surface area contributed by atoms with Gasteiger partial charge in [0.05, 0.1) is 0 Å². The molecule has 2 saturated carbocycles. The highest BCUT2D eigenvalue weighted by molar-refractivity contribution is 6.20. The molecular weight excluding hydrogens is 354 g/mol. The molecule has 0 saturated heterocycles. The zero-order chi connectivity index (χ0) is 18.6. The summed E-state index contributed by atoms with van der Waals surface area (Å²) in [5.41, 5.74) is -2.41. The van der Waals surface area contributed by atoms with E-state index in [2.05, 4.69) is 11.7 Å². The molecule has 3 rings (SSSR count). The van der Waals surface area contributed by atoms with Crippen molar-refractivity contribution in [3.63, 3.8) is 0 Å². The molecule has 1 aromatic rings. The van der Waals surface area contributed by atoms with E-state index in [-0.39, 0.29) is 5.75 Å². The maximum Gasteiger partial charge on any atom is 0.487 e. The molecular formula is C22H31ClF2O. The third kappa shape index (κ3) is 5.58. The summed E-state index contributed by atoms with van der Waals surface area (Å²) < 4.78 is 29.8. The standard InChI is InChI=1S/C22H31ClF2O/c1-2-3-16-4-6-17(7-5-16)18-8-10-19(11-9-18)20-12-14-21(15-13-20)26-22(23,24)25/h12-19H,2-11H2,1H3. The molecule has 0 spiro atoms. The van der Waals surface area contributed by atoms with Crippen LogP contribution in [-0.4, -0.2) is 5.57 Å². The first-order valence-corrected chi connectivity index (χ1v) is 10.7. The van der Waals surface area contributed by atoms with Crippen molar-refractivity contribution in [3.05, 3.63) is 29.8 Å². The van der Waals surface area contributed by atoms with E-state index < -0.39 is 5.57 Å².